The fraction of sp³-hybridized carbons (Fsp3) is 0.400. The molecular formula is C30H31N2O13S-. The number of ether oxygens (including phenoxy) is 5. The lowest BCUT2D eigenvalue weighted by Gasteiger charge is -2.27. The van der Waals surface area contributed by atoms with E-state index in [1.54, 1.807) is 28.9 Å². The maximum atomic E-state index is 13.8. The number of carbonyl (C=O) groups excluding carboxylic acids is 2. The van der Waals surface area contributed by atoms with Gasteiger partial charge >= 0.3 is 0 Å². The fourth-order valence-corrected chi connectivity index (χ4v) is 5.93. The van der Waals surface area contributed by atoms with Crippen molar-refractivity contribution in [3.63, 3.8) is 0 Å². The highest BCUT2D eigenvalue weighted by Gasteiger charge is 2.30. The number of furan rings is 2. The molecule has 2 aromatic carbocycles. The molecule has 0 atom stereocenters. The van der Waals surface area contributed by atoms with Crippen molar-refractivity contribution in [2.45, 2.75) is 13.5 Å². The summed E-state index contributed by atoms with van der Waals surface area (Å²) in [5.41, 5.74) is 1.06. The first-order valence-corrected chi connectivity index (χ1v) is 15.7. The maximum Gasteiger partial charge on any atom is 0.262 e. The molecule has 46 heavy (non-hydrogen) atoms. The van der Waals surface area contributed by atoms with Crippen LogP contribution in [0.1, 0.15) is 32.2 Å². The second-order valence-electron chi connectivity index (χ2n) is 10.5. The molecule has 2 fully saturated rings. The monoisotopic (exact) mass is 659 g/mol. The SMILES string of the molecule is COc1cc2oc(C)c(C(=O)N3CCOCC3)c2cc1OCc1oc2cc(OC)c(OS(=O)(=O)[O-])cc2c1C(=O)N1CCOCC1. The number of hydrogen-bond acceptors (Lipinski definition) is 13. The fourth-order valence-electron chi connectivity index (χ4n) is 5.58. The highest BCUT2D eigenvalue weighted by molar-refractivity contribution is 7.81. The summed E-state index contributed by atoms with van der Waals surface area (Å²) in [6, 6.07) is 5.77. The third-order valence-electron chi connectivity index (χ3n) is 7.77. The van der Waals surface area contributed by atoms with Crippen LogP contribution in [-0.4, -0.2) is 101 Å². The minimum absolute atomic E-state index is 0.0788. The molecule has 0 aliphatic carbocycles. The Kier molecular flexibility index (Phi) is 8.69. The molecule has 2 aromatic heterocycles. The molecule has 2 aliphatic heterocycles. The van der Waals surface area contributed by atoms with Crippen molar-refractivity contribution in [2.75, 3.05) is 66.8 Å². The van der Waals surface area contributed by atoms with Crippen molar-refractivity contribution in [1.82, 2.24) is 9.80 Å². The quantitative estimate of drug-likeness (QED) is 0.189. The molecule has 2 aliphatic rings. The number of morpholine rings is 2. The topological polar surface area (TPSA) is 179 Å². The number of benzene rings is 2. The van der Waals surface area contributed by atoms with E-state index in [-0.39, 0.29) is 46.3 Å². The Morgan fingerprint density at radius 3 is 1.83 bits per heavy atom. The van der Waals surface area contributed by atoms with Crippen molar-refractivity contribution in [1.29, 1.82) is 0 Å². The molecule has 6 rings (SSSR count). The van der Waals surface area contributed by atoms with Crippen LogP contribution in [0.15, 0.2) is 33.1 Å². The minimum Gasteiger partial charge on any atom is -0.716 e. The Hall–Kier alpha value is -4.51. The molecular weight excluding hydrogens is 628 g/mol. The molecule has 0 spiro atoms. The third kappa shape index (κ3) is 6.16. The zero-order chi connectivity index (χ0) is 32.6. The summed E-state index contributed by atoms with van der Waals surface area (Å²) in [4.78, 5) is 30.6. The molecule has 16 heteroatoms. The number of aryl methyl sites for hydroxylation is 1. The number of methoxy groups -OCH3 is 2. The van der Waals surface area contributed by atoms with Gasteiger partial charge in [0.05, 0.1) is 51.8 Å². The maximum absolute atomic E-state index is 13.8. The van der Waals surface area contributed by atoms with E-state index >= 15 is 0 Å². The van der Waals surface area contributed by atoms with Crippen molar-refractivity contribution < 1.29 is 59.3 Å². The molecule has 0 saturated carbocycles. The number of amides is 2. The largest absolute Gasteiger partial charge is 0.716 e. The lowest BCUT2D eigenvalue weighted by molar-refractivity contribution is 0.0300. The number of nitrogens with zero attached hydrogens (tertiary/aromatic N) is 2. The summed E-state index contributed by atoms with van der Waals surface area (Å²) < 4.78 is 78.6. The van der Waals surface area contributed by atoms with E-state index in [4.69, 9.17) is 32.5 Å². The number of carbonyl (C=O) groups is 2. The van der Waals surface area contributed by atoms with Crippen molar-refractivity contribution in [2.24, 2.45) is 0 Å². The zero-order valence-corrected chi connectivity index (χ0v) is 26.1. The van der Waals surface area contributed by atoms with Gasteiger partial charge in [-0.1, -0.05) is 0 Å². The Morgan fingerprint density at radius 1 is 0.761 bits per heavy atom. The standard InChI is InChI=1S/C30H32N2O13S/c1-17-27(29(33)31-4-8-40-9-5-31)18-12-24(22(38-2)14-20(18)43-17)42-16-26-28(30(34)32-6-10-41-11-7-32)19-13-25(45-46(35,36)37)23(39-3)15-21(19)44-26/h12-15H,4-11,16H2,1-3H3,(H,35,36,37)/p-1. The van der Waals surface area contributed by atoms with E-state index in [1.807, 2.05) is 0 Å². The lowest BCUT2D eigenvalue weighted by Crippen LogP contribution is -2.41. The van der Waals surface area contributed by atoms with Gasteiger partial charge in [-0.05, 0) is 19.1 Å². The number of rotatable bonds is 9. The van der Waals surface area contributed by atoms with E-state index < -0.39 is 22.1 Å². The average Bonchev–Trinajstić information content (AvgIpc) is 3.57. The molecule has 0 N–H and O–H groups in total. The van der Waals surface area contributed by atoms with Gasteiger partial charge < -0.3 is 51.1 Å². The zero-order valence-electron chi connectivity index (χ0n) is 25.3. The van der Waals surface area contributed by atoms with Gasteiger partial charge in [0.1, 0.15) is 23.5 Å². The van der Waals surface area contributed by atoms with Crippen LogP contribution in [0.4, 0.5) is 0 Å². The van der Waals surface area contributed by atoms with Gasteiger partial charge in [-0.15, -0.1) is 0 Å². The Bertz CT molecular complexity index is 1900. The molecule has 0 radical (unpaired) electrons. The van der Waals surface area contributed by atoms with Crippen LogP contribution in [-0.2, 0) is 26.5 Å². The van der Waals surface area contributed by atoms with Crippen LogP contribution in [0.5, 0.6) is 23.0 Å². The number of hydrogen-bond donors (Lipinski definition) is 0. The third-order valence-corrected chi connectivity index (χ3v) is 8.16. The molecule has 2 saturated heterocycles. The van der Waals surface area contributed by atoms with Crippen LogP contribution in [0, 0.1) is 6.92 Å². The van der Waals surface area contributed by atoms with E-state index in [1.165, 1.54) is 26.4 Å². The van der Waals surface area contributed by atoms with Crippen LogP contribution >= 0.6 is 0 Å². The summed E-state index contributed by atoms with van der Waals surface area (Å²) in [5, 5.41) is 0.699. The predicted octanol–water partition coefficient (Wildman–Crippen LogP) is 2.87. The molecule has 0 unspecified atom stereocenters. The molecule has 4 aromatic rings. The lowest BCUT2D eigenvalue weighted by atomic mass is 10.1. The normalized spacial score (nSPS) is 15.7. The first-order valence-electron chi connectivity index (χ1n) is 14.3. The van der Waals surface area contributed by atoms with Crippen LogP contribution in [0.25, 0.3) is 21.9 Å². The highest BCUT2D eigenvalue weighted by atomic mass is 32.3. The van der Waals surface area contributed by atoms with Crippen molar-refractivity contribution in [3.8, 4) is 23.0 Å². The van der Waals surface area contributed by atoms with Crippen LogP contribution in [0.3, 0.4) is 0 Å². The number of fused-ring (bicyclic) bond motifs is 2. The summed E-state index contributed by atoms with van der Waals surface area (Å²) in [6.07, 6.45) is 0. The van der Waals surface area contributed by atoms with E-state index in [0.717, 1.165) is 0 Å². The van der Waals surface area contributed by atoms with Gasteiger partial charge in [-0.25, -0.2) is 8.42 Å². The average molecular weight is 660 g/mol. The van der Waals surface area contributed by atoms with E-state index in [0.29, 0.717) is 80.6 Å². The van der Waals surface area contributed by atoms with Gasteiger partial charge in [-0.2, -0.15) is 0 Å². The second-order valence-corrected chi connectivity index (χ2v) is 11.5. The van der Waals surface area contributed by atoms with E-state index in [9.17, 15) is 22.6 Å². The van der Waals surface area contributed by atoms with E-state index in [2.05, 4.69) is 4.18 Å². The van der Waals surface area contributed by atoms with Gasteiger partial charge in [0.2, 0.25) is 0 Å². The van der Waals surface area contributed by atoms with Gasteiger partial charge in [0.15, 0.2) is 28.8 Å². The summed E-state index contributed by atoms with van der Waals surface area (Å²) in [6.45, 7) is 4.51. The van der Waals surface area contributed by atoms with Crippen molar-refractivity contribution in [3.05, 3.63) is 46.9 Å². The summed E-state index contributed by atoms with van der Waals surface area (Å²) >= 11 is 0. The van der Waals surface area contributed by atoms with Crippen molar-refractivity contribution >= 4 is 44.2 Å². The Morgan fingerprint density at radius 2 is 1.26 bits per heavy atom. The highest BCUT2D eigenvalue weighted by Crippen LogP contribution is 2.40. The molecule has 4 heterocycles. The molecule has 0 bridgehead atoms. The molecule has 15 nitrogen and oxygen atoms in total. The summed E-state index contributed by atoms with van der Waals surface area (Å²) in [5.74, 6) is -0.0313. The minimum atomic E-state index is -5.16. The van der Waals surface area contributed by atoms with Crippen LogP contribution < -0.4 is 18.4 Å². The summed E-state index contributed by atoms with van der Waals surface area (Å²) in [7, 11) is -2.45. The predicted molar refractivity (Wildman–Crippen MR) is 158 cm³/mol. The van der Waals surface area contributed by atoms with Crippen LogP contribution in [0.2, 0.25) is 0 Å². The Balaban J connectivity index is 1.40. The van der Waals surface area contributed by atoms with Gasteiger partial charge in [0.25, 0.3) is 22.2 Å². The first kappa shape index (κ1) is 31.5. The second kappa shape index (κ2) is 12.7. The molecule has 2 amide bonds. The molecule has 246 valence electrons. The first-order chi connectivity index (χ1) is 22.1. The van der Waals surface area contributed by atoms with Gasteiger partial charge in [-0.3, -0.25) is 9.59 Å². The smallest absolute Gasteiger partial charge is 0.262 e. The van der Waals surface area contributed by atoms with Gasteiger partial charge in [0, 0.05) is 49.1 Å². The Labute approximate surface area is 263 Å².